The van der Waals surface area contributed by atoms with Crippen molar-refractivity contribution < 1.29 is 19.3 Å². The number of aromatic hydroxyl groups is 1. The Hall–Kier alpha value is -3.26. The highest BCUT2D eigenvalue weighted by Crippen LogP contribution is 2.33. The molecule has 0 aliphatic rings. The van der Waals surface area contributed by atoms with E-state index in [1.165, 1.54) is 18.4 Å². The summed E-state index contributed by atoms with van der Waals surface area (Å²) < 4.78 is 18.1. The van der Waals surface area contributed by atoms with Gasteiger partial charge in [-0.3, -0.25) is 0 Å². The zero-order chi connectivity index (χ0) is 20.8. The lowest BCUT2D eigenvalue weighted by Crippen LogP contribution is -2.14. The molecule has 3 aromatic rings. The number of nitrogens with zero attached hydrogens (tertiary/aromatic N) is 3. The number of rotatable bonds is 7. The quantitative estimate of drug-likeness (QED) is 0.471. The molecule has 0 saturated heterocycles. The third kappa shape index (κ3) is 4.43. The standard InChI is InChI=1S/C21H23N3O4S/c1-5-24-17(16-11-15(26-2)7-9-19(16)27-3)13-29-21(24)23-22-12-14-6-8-18(25)20(10-14)28-4/h6-13,25H,5H2,1-4H3/b22-12+,23-21+. The van der Waals surface area contributed by atoms with Crippen molar-refractivity contribution >= 4 is 17.6 Å². The molecular weight excluding hydrogens is 390 g/mol. The average molecular weight is 413 g/mol. The first kappa shape index (κ1) is 20.5. The molecule has 0 unspecified atom stereocenters. The summed E-state index contributed by atoms with van der Waals surface area (Å²) >= 11 is 1.49. The summed E-state index contributed by atoms with van der Waals surface area (Å²) in [4.78, 5) is 0.759. The maximum atomic E-state index is 9.68. The number of hydrogen-bond donors (Lipinski definition) is 1. The maximum Gasteiger partial charge on any atom is 0.211 e. The molecule has 7 nitrogen and oxygen atoms in total. The van der Waals surface area contributed by atoms with Crippen molar-refractivity contribution in [2.75, 3.05) is 21.3 Å². The molecule has 1 N–H and O–H groups in total. The molecular formula is C21H23N3O4S. The number of thiazole rings is 1. The third-order valence-corrected chi connectivity index (χ3v) is 5.20. The topological polar surface area (TPSA) is 77.6 Å². The summed E-state index contributed by atoms with van der Waals surface area (Å²) in [5, 5.41) is 20.3. The minimum atomic E-state index is 0.0838. The Labute approximate surface area is 173 Å². The van der Waals surface area contributed by atoms with Gasteiger partial charge >= 0.3 is 0 Å². The molecule has 152 valence electrons. The van der Waals surface area contributed by atoms with E-state index >= 15 is 0 Å². The molecule has 0 aliphatic heterocycles. The smallest absolute Gasteiger partial charge is 0.211 e. The van der Waals surface area contributed by atoms with Crippen LogP contribution in [-0.2, 0) is 6.54 Å². The highest BCUT2D eigenvalue weighted by atomic mass is 32.1. The number of benzene rings is 2. The number of ether oxygens (including phenoxy) is 3. The van der Waals surface area contributed by atoms with E-state index in [0.717, 1.165) is 39.7 Å². The van der Waals surface area contributed by atoms with Gasteiger partial charge in [0.25, 0.3) is 0 Å². The number of phenolic OH excluding ortho intramolecular Hbond substituents is 1. The first-order chi connectivity index (χ1) is 14.1. The normalized spacial score (nSPS) is 11.8. The molecule has 8 heteroatoms. The Morgan fingerprint density at radius 2 is 1.83 bits per heavy atom. The van der Waals surface area contributed by atoms with Gasteiger partial charge < -0.3 is 23.9 Å². The molecule has 0 amide bonds. The first-order valence-electron chi connectivity index (χ1n) is 8.96. The Morgan fingerprint density at radius 1 is 1.03 bits per heavy atom. The van der Waals surface area contributed by atoms with Gasteiger partial charge in [-0.25, -0.2) is 0 Å². The van der Waals surface area contributed by atoms with Crippen LogP contribution in [-0.4, -0.2) is 37.2 Å². The van der Waals surface area contributed by atoms with Crippen LogP contribution in [0.4, 0.5) is 0 Å². The van der Waals surface area contributed by atoms with Gasteiger partial charge in [0.15, 0.2) is 11.5 Å². The van der Waals surface area contributed by atoms with Crippen LogP contribution in [0.5, 0.6) is 23.0 Å². The van der Waals surface area contributed by atoms with Crippen LogP contribution in [0.15, 0.2) is 52.0 Å². The van der Waals surface area contributed by atoms with Crippen molar-refractivity contribution in [3.8, 4) is 34.3 Å². The number of methoxy groups -OCH3 is 3. The lowest BCUT2D eigenvalue weighted by atomic mass is 10.1. The van der Waals surface area contributed by atoms with E-state index in [1.54, 1.807) is 38.6 Å². The molecule has 29 heavy (non-hydrogen) atoms. The fourth-order valence-electron chi connectivity index (χ4n) is 2.86. The molecule has 1 aromatic heterocycles. The minimum absolute atomic E-state index is 0.0838. The van der Waals surface area contributed by atoms with Crippen molar-refractivity contribution in [3.63, 3.8) is 0 Å². The molecule has 2 aromatic carbocycles. The van der Waals surface area contributed by atoms with Gasteiger partial charge in [-0.1, -0.05) is 0 Å². The molecule has 0 bridgehead atoms. The number of hydrogen-bond acceptors (Lipinski definition) is 7. The second kappa shape index (κ2) is 9.29. The molecule has 0 fully saturated rings. The van der Waals surface area contributed by atoms with Gasteiger partial charge in [0.05, 0.1) is 33.2 Å². The highest BCUT2D eigenvalue weighted by Gasteiger charge is 2.13. The van der Waals surface area contributed by atoms with E-state index in [0.29, 0.717) is 5.75 Å². The average Bonchev–Trinajstić information content (AvgIpc) is 3.17. The molecule has 0 saturated carbocycles. The summed E-state index contributed by atoms with van der Waals surface area (Å²) in [5.74, 6) is 1.99. The van der Waals surface area contributed by atoms with Crippen molar-refractivity contribution in [3.05, 3.63) is 52.1 Å². The summed E-state index contributed by atoms with van der Waals surface area (Å²) in [6.07, 6.45) is 1.62. The van der Waals surface area contributed by atoms with Crippen LogP contribution >= 0.6 is 11.3 Å². The van der Waals surface area contributed by atoms with Crippen molar-refractivity contribution in [2.45, 2.75) is 13.5 Å². The SMILES string of the molecule is CCn1c(-c2cc(OC)ccc2OC)cs/c1=N/N=C/c1ccc(O)c(OC)c1. The predicted molar refractivity (Wildman–Crippen MR) is 114 cm³/mol. The van der Waals surface area contributed by atoms with Crippen LogP contribution in [0.25, 0.3) is 11.3 Å². The first-order valence-corrected chi connectivity index (χ1v) is 9.84. The van der Waals surface area contributed by atoms with E-state index in [4.69, 9.17) is 14.2 Å². The van der Waals surface area contributed by atoms with Crippen LogP contribution in [0.1, 0.15) is 12.5 Å². The van der Waals surface area contributed by atoms with Crippen LogP contribution in [0, 0.1) is 0 Å². The van der Waals surface area contributed by atoms with E-state index < -0.39 is 0 Å². The Balaban J connectivity index is 1.98. The fourth-order valence-corrected chi connectivity index (χ4v) is 3.78. The van der Waals surface area contributed by atoms with E-state index in [1.807, 2.05) is 23.6 Å². The minimum Gasteiger partial charge on any atom is -0.504 e. The lowest BCUT2D eigenvalue weighted by Gasteiger charge is -2.12. The van der Waals surface area contributed by atoms with Gasteiger partial charge in [0.1, 0.15) is 11.5 Å². The molecule has 0 spiro atoms. The second-order valence-corrected chi connectivity index (χ2v) is 6.83. The van der Waals surface area contributed by atoms with Gasteiger partial charge in [-0.05, 0) is 48.9 Å². The Kier molecular flexibility index (Phi) is 6.56. The van der Waals surface area contributed by atoms with Crippen LogP contribution in [0.2, 0.25) is 0 Å². The summed E-state index contributed by atoms with van der Waals surface area (Å²) in [7, 11) is 4.79. The molecule has 0 atom stereocenters. The Bertz CT molecular complexity index is 1090. The molecule has 0 radical (unpaired) electrons. The molecule has 3 rings (SSSR count). The van der Waals surface area contributed by atoms with Crippen molar-refractivity contribution in [1.82, 2.24) is 4.57 Å². The van der Waals surface area contributed by atoms with Crippen LogP contribution < -0.4 is 19.0 Å². The van der Waals surface area contributed by atoms with Crippen molar-refractivity contribution in [1.29, 1.82) is 0 Å². The number of aromatic nitrogens is 1. The van der Waals surface area contributed by atoms with Crippen LogP contribution in [0.3, 0.4) is 0 Å². The van der Waals surface area contributed by atoms with Crippen molar-refractivity contribution in [2.24, 2.45) is 10.2 Å². The number of phenols is 1. The molecule has 0 aliphatic carbocycles. The van der Waals surface area contributed by atoms with Gasteiger partial charge in [0.2, 0.25) is 4.80 Å². The predicted octanol–water partition coefficient (Wildman–Crippen LogP) is 3.90. The third-order valence-electron chi connectivity index (χ3n) is 4.35. The van der Waals surface area contributed by atoms with Gasteiger partial charge in [-0.15, -0.1) is 16.4 Å². The summed E-state index contributed by atoms with van der Waals surface area (Å²) in [6, 6.07) is 10.7. The lowest BCUT2D eigenvalue weighted by molar-refractivity contribution is 0.373. The second-order valence-electron chi connectivity index (χ2n) is 5.99. The zero-order valence-electron chi connectivity index (χ0n) is 16.7. The molecule has 1 heterocycles. The summed E-state index contributed by atoms with van der Waals surface area (Å²) in [5.41, 5.74) is 2.69. The summed E-state index contributed by atoms with van der Waals surface area (Å²) in [6.45, 7) is 2.77. The van der Waals surface area contributed by atoms with Gasteiger partial charge in [-0.2, -0.15) is 5.10 Å². The maximum absolute atomic E-state index is 9.68. The van der Waals surface area contributed by atoms with Gasteiger partial charge in [0, 0.05) is 17.5 Å². The Morgan fingerprint density at radius 3 is 2.52 bits per heavy atom. The monoisotopic (exact) mass is 413 g/mol. The highest BCUT2D eigenvalue weighted by molar-refractivity contribution is 7.07. The van der Waals surface area contributed by atoms with E-state index in [2.05, 4.69) is 21.7 Å². The largest absolute Gasteiger partial charge is 0.504 e. The van der Waals surface area contributed by atoms with E-state index in [9.17, 15) is 5.11 Å². The van der Waals surface area contributed by atoms with E-state index in [-0.39, 0.29) is 5.75 Å². The zero-order valence-corrected chi connectivity index (χ0v) is 17.6. The fraction of sp³-hybridized carbons (Fsp3) is 0.238.